The number of benzene rings is 1. The molecule has 2 aliphatic carbocycles. The molecule has 3 N–H and O–H groups in total. The first-order valence-electron chi connectivity index (χ1n) is 11.4. The number of primary amides is 1. The highest BCUT2D eigenvalue weighted by Gasteiger charge is 2.59. The van der Waals surface area contributed by atoms with Gasteiger partial charge in [-0.2, -0.15) is 0 Å². The summed E-state index contributed by atoms with van der Waals surface area (Å²) in [6.07, 6.45) is 7.28. The summed E-state index contributed by atoms with van der Waals surface area (Å²) in [6.45, 7) is 1.71. The molecule has 0 aromatic heterocycles. The normalized spacial score (nSPS) is 30.9. The van der Waals surface area contributed by atoms with E-state index < -0.39 is 20.5 Å². The summed E-state index contributed by atoms with van der Waals surface area (Å²) in [4.78, 5) is 12.7. The van der Waals surface area contributed by atoms with Gasteiger partial charge in [0, 0.05) is 7.11 Å². The van der Waals surface area contributed by atoms with E-state index in [0.29, 0.717) is 24.7 Å². The number of ether oxygens (including phenoxy) is 2. The lowest BCUT2D eigenvalue weighted by atomic mass is 9.77. The Labute approximate surface area is 185 Å². The van der Waals surface area contributed by atoms with Gasteiger partial charge in [-0.15, -0.1) is 0 Å². The van der Waals surface area contributed by atoms with Gasteiger partial charge in [0.05, 0.1) is 17.1 Å². The van der Waals surface area contributed by atoms with Crippen LogP contribution in [-0.2, 0) is 19.4 Å². The fourth-order valence-corrected chi connectivity index (χ4v) is 7.78. The molecule has 7 nitrogen and oxygen atoms in total. The molecule has 1 spiro atoms. The standard InChI is InChI=1S/C23H34N2O5S/c1-29-17-2-4-18(5-3-17)30-19-6-8-20(9-7-19)31(27,28)23(21(24)26)11-10-22(16-23)12-14-25-15-13-22/h6-9,17-18,25H,2-5,10-16H2,1H3,(H2,24,26). The van der Waals surface area contributed by atoms with E-state index in [1.54, 1.807) is 31.4 Å². The average molecular weight is 451 g/mol. The summed E-state index contributed by atoms with van der Waals surface area (Å²) in [7, 11) is -2.17. The Hall–Kier alpha value is -1.64. The molecule has 31 heavy (non-hydrogen) atoms. The van der Waals surface area contributed by atoms with Crippen LogP contribution in [-0.4, -0.2) is 51.5 Å². The first-order valence-corrected chi connectivity index (χ1v) is 12.8. The molecule has 1 atom stereocenters. The van der Waals surface area contributed by atoms with Crippen LogP contribution in [0.2, 0.25) is 0 Å². The third-order valence-electron chi connectivity index (χ3n) is 7.74. The molecule has 1 saturated heterocycles. The number of hydrogen-bond acceptors (Lipinski definition) is 6. The lowest BCUT2D eigenvalue weighted by Gasteiger charge is -2.35. The van der Waals surface area contributed by atoms with E-state index in [2.05, 4.69) is 5.32 Å². The lowest BCUT2D eigenvalue weighted by Crippen LogP contribution is -2.50. The van der Waals surface area contributed by atoms with Gasteiger partial charge in [0.2, 0.25) is 5.91 Å². The van der Waals surface area contributed by atoms with Crippen molar-refractivity contribution in [1.29, 1.82) is 0 Å². The Kier molecular flexibility index (Phi) is 6.34. The minimum atomic E-state index is -3.90. The van der Waals surface area contributed by atoms with Crippen LogP contribution < -0.4 is 15.8 Å². The van der Waals surface area contributed by atoms with Crippen molar-refractivity contribution in [1.82, 2.24) is 5.32 Å². The van der Waals surface area contributed by atoms with E-state index >= 15 is 0 Å². The van der Waals surface area contributed by atoms with Crippen LogP contribution in [0.3, 0.4) is 0 Å². The summed E-state index contributed by atoms with van der Waals surface area (Å²) >= 11 is 0. The van der Waals surface area contributed by atoms with Crippen molar-refractivity contribution in [3.8, 4) is 5.75 Å². The fraction of sp³-hybridized carbons (Fsp3) is 0.696. The second-order valence-electron chi connectivity index (χ2n) is 9.51. The number of nitrogens with two attached hydrogens (primary N) is 1. The number of piperidine rings is 1. The number of carbonyl (C=O) groups excluding carboxylic acids is 1. The number of rotatable bonds is 6. The van der Waals surface area contributed by atoms with E-state index in [1.165, 1.54) is 0 Å². The molecule has 172 valence electrons. The molecule has 1 aromatic rings. The predicted molar refractivity (Wildman–Crippen MR) is 118 cm³/mol. The molecule has 8 heteroatoms. The average Bonchev–Trinajstić information content (AvgIpc) is 3.16. The van der Waals surface area contributed by atoms with Gasteiger partial charge in [0.1, 0.15) is 5.75 Å². The van der Waals surface area contributed by atoms with E-state index in [1.807, 2.05) is 0 Å². The maximum absolute atomic E-state index is 13.6. The second-order valence-corrected chi connectivity index (χ2v) is 11.8. The van der Waals surface area contributed by atoms with E-state index in [4.69, 9.17) is 15.2 Å². The van der Waals surface area contributed by atoms with Crippen molar-refractivity contribution >= 4 is 15.7 Å². The third-order valence-corrected chi connectivity index (χ3v) is 10.2. The summed E-state index contributed by atoms with van der Waals surface area (Å²) in [5, 5.41) is 3.32. The number of nitrogens with one attached hydrogen (secondary N) is 1. The van der Waals surface area contributed by atoms with Gasteiger partial charge in [-0.3, -0.25) is 4.79 Å². The monoisotopic (exact) mass is 450 g/mol. The maximum atomic E-state index is 13.6. The highest BCUT2D eigenvalue weighted by atomic mass is 32.2. The Bertz CT molecular complexity index is 887. The molecule has 3 fully saturated rings. The van der Waals surface area contributed by atoms with Crippen molar-refractivity contribution in [3.05, 3.63) is 24.3 Å². The maximum Gasteiger partial charge on any atom is 0.239 e. The zero-order valence-corrected chi connectivity index (χ0v) is 19.1. The van der Waals surface area contributed by atoms with Crippen molar-refractivity contribution in [2.45, 2.75) is 79.6 Å². The van der Waals surface area contributed by atoms with Crippen LogP contribution in [0.1, 0.15) is 57.8 Å². The molecular weight excluding hydrogens is 416 g/mol. The van der Waals surface area contributed by atoms with Gasteiger partial charge in [-0.1, -0.05) is 0 Å². The highest BCUT2D eigenvalue weighted by molar-refractivity contribution is 7.93. The molecule has 1 unspecified atom stereocenters. The largest absolute Gasteiger partial charge is 0.490 e. The molecule has 1 aliphatic heterocycles. The molecular formula is C23H34N2O5S. The van der Waals surface area contributed by atoms with Gasteiger partial charge in [-0.25, -0.2) is 8.42 Å². The molecule has 1 heterocycles. The quantitative estimate of drug-likeness (QED) is 0.690. The Morgan fingerprint density at radius 2 is 1.61 bits per heavy atom. The van der Waals surface area contributed by atoms with Crippen molar-refractivity contribution < 1.29 is 22.7 Å². The van der Waals surface area contributed by atoms with Gasteiger partial charge >= 0.3 is 0 Å². The SMILES string of the molecule is COC1CCC(Oc2ccc(S(=O)(=O)C3(C(N)=O)CCC4(CCNCC4)C3)cc2)CC1. The van der Waals surface area contributed by atoms with Crippen LogP contribution >= 0.6 is 0 Å². The number of hydrogen-bond donors (Lipinski definition) is 2. The van der Waals surface area contributed by atoms with Crippen LogP contribution in [0.15, 0.2) is 29.2 Å². The van der Waals surface area contributed by atoms with Crippen LogP contribution in [0, 0.1) is 5.41 Å². The highest BCUT2D eigenvalue weighted by Crippen LogP contribution is 2.54. The van der Waals surface area contributed by atoms with Gasteiger partial charge < -0.3 is 20.5 Å². The third kappa shape index (κ3) is 4.22. The molecule has 1 amide bonds. The minimum Gasteiger partial charge on any atom is -0.490 e. The first-order chi connectivity index (χ1) is 14.8. The van der Waals surface area contributed by atoms with Gasteiger partial charge in [0.25, 0.3) is 0 Å². The minimum absolute atomic E-state index is 0.112. The molecule has 3 aliphatic rings. The zero-order chi connectivity index (χ0) is 22.1. The second kappa shape index (κ2) is 8.71. The Balaban J connectivity index is 1.50. The van der Waals surface area contributed by atoms with Crippen molar-refractivity contribution in [3.63, 3.8) is 0 Å². The number of methoxy groups -OCH3 is 1. The van der Waals surface area contributed by atoms with E-state index in [-0.39, 0.29) is 16.4 Å². The van der Waals surface area contributed by atoms with Gasteiger partial charge in [0.15, 0.2) is 14.6 Å². The molecule has 4 rings (SSSR count). The number of sulfone groups is 1. The number of amides is 1. The van der Waals surface area contributed by atoms with Crippen LogP contribution in [0.25, 0.3) is 0 Å². The molecule has 0 bridgehead atoms. The van der Waals surface area contributed by atoms with Crippen molar-refractivity contribution in [2.75, 3.05) is 20.2 Å². The number of carbonyl (C=O) groups is 1. The zero-order valence-electron chi connectivity index (χ0n) is 18.3. The smallest absolute Gasteiger partial charge is 0.239 e. The van der Waals surface area contributed by atoms with Crippen LogP contribution in [0.5, 0.6) is 5.75 Å². The summed E-state index contributed by atoms with van der Waals surface area (Å²) in [5.74, 6) is -0.0765. The molecule has 0 radical (unpaired) electrons. The van der Waals surface area contributed by atoms with Crippen LogP contribution in [0.4, 0.5) is 0 Å². The predicted octanol–water partition coefficient (Wildman–Crippen LogP) is 2.57. The first kappa shape index (κ1) is 22.6. The Morgan fingerprint density at radius 1 is 1.00 bits per heavy atom. The summed E-state index contributed by atoms with van der Waals surface area (Å²) < 4.78 is 37.2. The van der Waals surface area contributed by atoms with E-state index in [0.717, 1.165) is 58.0 Å². The lowest BCUT2D eigenvalue weighted by molar-refractivity contribution is -0.120. The van der Waals surface area contributed by atoms with Gasteiger partial charge in [-0.05, 0) is 101 Å². The topological polar surface area (TPSA) is 108 Å². The van der Waals surface area contributed by atoms with Crippen molar-refractivity contribution in [2.24, 2.45) is 11.1 Å². The summed E-state index contributed by atoms with van der Waals surface area (Å²) in [5.41, 5.74) is 5.64. The molecule has 2 saturated carbocycles. The summed E-state index contributed by atoms with van der Waals surface area (Å²) in [6, 6.07) is 6.51. The van der Waals surface area contributed by atoms with E-state index in [9.17, 15) is 13.2 Å². The fourth-order valence-electron chi connectivity index (χ4n) is 5.71. The Morgan fingerprint density at radius 3 is 2.19 bits per heavy atom. The molecule has 1 aromatic carbocycles.